The van der Waals surface area contributed by atoms with Crippen LogP contribution in [-0.2, 0) is 4.79 Å². The number of hydrogen-bond acceptors (Lipinski definition) is 3. The van der Waals surface area contributed by atoms with Crippen molar-refractivity contribution in [1.82, 2.24) is 10.3 Å². The van der Waals surface area contributed by atoms with Crippen molar-refractivity contribution >= 4 is 11.7 Å². The fraction of sp³-hybridized carbons (Fsp3) is 0.111. The number of carbonyl (C=O) groups is 1. The SMILES string of the molecule is C=C/C=C1/C(=O)NC(C)=NN1C=C. The number of nitrogens with one attached hydrogen (secondary N) is 1. The molecule has 68 valence electrons. The highest BCUT2D eigenvalue weighted by atomic mass is 16.2. The Kier molecular flexibility index (Phi) is 2.64. The smallest absolute Gasteiger partial charge is 0.275 e. The third-order valence-corrected chi connectivity index (χ3v) is 1.48. The van der Waals surface area contributed by atoms with Crippen LogP contribution in [0.2, 0.25) is 0 Å². The maximum atomic E-state index is 11.4. The molecule has 0 unspecified atom stereocenters. The molecular formula is C9H11N3O. The van der Waals surface area contributed by atoms with Gasteiger partial charge in [0.15, 0.2) is 0 Å². The van der Waals surface area contributed by atoms with Gasteiger partial charge in [-0.3, -0.25) is 4.79 Å². The van der Waals surface area contributed by atoms with E-state index in [4.69, 9.17) is 0 Å². The normalized spacial score (nSPS) is 19.5. The molecule has 1 heterocycles. The van der Waals surface area contributed by atoms with Crippen molar-refractivity contribution in [2.24, 2.45) is 5.10 Å². The topological polar surface area (TPSA) is 44.7 Å². The van der Waals surface area contributed by atoms with E-state index in [1.165, 1.54) is 17.3 Å². The molecule has 0 aliphatic carbocycles. The van der Waals surface area contributed by atoms with Crippen LogP contribution in [0.25, 0.3) is 0 Å². The van der Waals surface area contributed by atoms with E-state index in [1.807, 2.05) is 0 Å². The zero-order valence-electron chi connectivity index (χ0n) is 7.45. The zero-order chi connectivity index (χ0) is 9.84. The summed E-state index contributed by atoms with van der Waals surface area (Å²) >= 11 is 0. The van der Waals surface area contributed by atoms with E-state index in [-0.39, 0.29) is 5.91 Å². The quantitative estimate of drug-likeness (QED) is 0.638. The molecule has 13 heavy (non-hydrogen) atoms. The van der Waals surface area contributed by atoms with Crippen LogP contribution in [0.1, 0.15) is 6.92 Å². The van der Waals surface area contributed by atoms with E-state index < -0.39 is 0 Å². The zero-order valence-corrected chi connectivity index (χ0v) is 7.45. The minimum absolute atomic E-state index is 0.202. The summed E-state index contributed by atoms with van der Waals surface area (Å²) in [6, 6.07) is 0. The molecule has 0 spiro atoms. The minimum Gasteiger partial charge on any atom is -0.307 e. The summed E-state index contributed by atoms with van der Waals surface area (Å²) in [7, 11) is 0. The lowest BCUT2D eigenvalue weighted by molar-refractivity contribution is -0.117. The number of carbonyl (C=O) groups excluding carboxylic acids is 1. The van der Waals surface area contributed by atoms with E-state index in [1.54, 1.807) is 13.0 Å². The lowest BCUT2D eigenvalue weighted by Crippen LogP contribution is -2.39. The van der Waals surface area contributed by atoms with Gasteiger partial charge in [-0.25, -0.2) is 5.01 Å². The summed E-state index contributed by atoms with van der Waals surface area (Å²) in [5, 5.41) is 8.03. The van der Waals surface area contributed by atoms with E-state index in [0.717, 1.165) is 0 Å². The van der Waals surface area contributed by atoms with Crippen LogP contribution in [0.4, 0.5) is 0 Å². The van der Waals surface area contributed by atoms with Gasteiger partial charge >= 0.3 is 0 Å². The van der Waals surface area contributed by atoms with Gasteiger partial charge in [-0.2, -0.15) is 5.10 Å². The Hall–Kier alpha value is -1.84. The summed E-state index contributed by atoms with van der Waals surface area (Å²) in [4.78, 5) is 11.4. The lowest BCUT2D eigenvalue weighted by atomic mass is 10.3. The molecule has 0 atom stereocenters. The predicted octanol–water partition coefficient (Wildman–Crippen LogP) is 0.965. The molecule has 0 aromatic heterocycles. The molecule has 4 heteroatoms. The fourth-order valence-corrected chi connectivity index (χ4v) is 0.976. The van der Waals surface area contributed by atoms with Gasteiger partial charge in [0.25, 0.3) is 5.91 Å². The Labute approximate surface area is 76.9 Å². The first kappa shape index (κ1) is 9.25. The second-order valence-electron chi connectivity index (χ2n) is 2.45. The molecule has 0 saturated carbocycles. The third kappa shape index (κ3) is 1.84. The second-order valence-corrected chi connectivity index (χ2v) is 2.45. The number of allylic oxidation sites excluding steroid dienone is 2. The molecule has 0 fully saturated rings. The molecule has 1 N–H and O–H groups in total. The highest BCUT2D eigenvalue weighted by molar-refractivity contribution is 6.06. The molecule has 1 rings (SSSR count). The maximum Gasteiger partial charge on any atom is 0.275 e. The van der Waals surface area contributed by atoms with Crippen molar-refractivity contribution in [3.05, 3.63) is 37.2 Å². The van der Waals surface area contributed by atoms with Crippen LogP contribution >= 0.6 is 0 Å². The summed E-state index contributed by atoms with van der Waals surface area (Å²) in [6.45, 7) is 8.77. The first-order valence-corrected chi connectivity index (χ1v) is 3.80. The van der Waals surface area contributed by atoms with Gasteiger partial charge in [-0.15, -0.1) is 0 Å². The maximum absolute atomic E-state index is 11.4. The molecule has 0 aromatic rings. The molecule has 1 aliphatic heterocycles. The number of amides is 1. The summed E-state index contributed by atoms with van der Waals surface area (Å²) in [5.74, 6) is 0.346. The van der Waals surface area contributed by atoms with Crippen molar-refractivity contribution in [3.63, 3.8) is 0 Å². The van der Waals surface area contributed by atoms with Crippen LogP contribution in [0.15, 0.2) is 42.3 Å². The Morgan fingerprint density at radius 2 is 2.23 bits per heavy atom. The standard InChI is InChI=1S/C9H11N3O/c1-4-6-8-9(13)10-7(3)11-12(8)5-2/h4-6H,1-2H2,3H3,(H,10,11,13)/b8-6-. The lowest BCUT2D eigenvalue weighted by Gasteiger charge is -2.22. The van der Waals surface area contributed by atoms with Gasteiger partial charge in [0, 0.05) is 6.20 Å². The molecule has 1 amide bonds. The molecule has 0 bridgehead atoms. The van der Waals surface area contributed by atoms with Gasteiger partial charge in [-0.1, -0.05) is 19.2 Å². The van der Waals surface area contributed by atoms with Gasteiger partial charge in [0.05, 0.1) is 0 Å². The predicted molar refractivity (Wildman–Crippen MR) is 51.6 cm³/mol. The van der Waals surface area contributed by atoms with E-state index >= 15 is 0 Å². The molecular weight excluding hydrogens is 166 g/mol. The fourth-order valence-electron chi connectivity index (χ4n) is 0.976. The Morgan fingerprint density at radius 3 is 2.77 bits per heavy atom. The highest BCUT2D eigenvalue weighted by Gasteiger charge is 2.19. The van der Waals surface area contributed by atoms with E-state index in [9.17, 15) is 4.79 Å². The van der Waals surface area contributed by atoms with Crippen molar-refractivity contribution in [3.8, 4) is 0 Å². The van der Waals surface area contributed by atoms with Crippen molar-refractivity contribution in [1.29, 1.82) is 0 Å². The van der Waals surface area contributed by atoms with Crippen LogP contribution in [-0.4, -0.2) is 16.8 Å². The average molecular weight is 177 g/mol. The first-order valence-electron chi connectivity index (χ1n) is 3.80. The minimum atomic E-state index is -0.202. The number of amidine groups is 1. The highest BCUT2D eigenvalue weighted by Crippen LogP contribution is 2.10. The Morgan fingerprint density at radius 1 is 1.54 bits per heavy atom. The molecule has 0 radical (unpaired) electrons. The number of hydrazone groups is 1. The Balaban J connectivity index is 3.07. The largest absolute Gasteiger partial charge is 0.307 e. The molecule has 0 saturated heterocycles. The van der Waals surface area contributed by atoms with Crippen LogP contribution in [0.3, 0.4) is 0 Å². The van der Waals surface area contributed by atoms with Crippen LogP contribution in [0.5, 0.6) is 0 Å². The number of hydrogen-bond donors (Lipinski definition) is 1. The molecule has 4 nitrogen and oxygen atoms in total. The number of nitrogens with zero attached hydrogens (tertiary/aromatic N) is 2. The summed E-state index contributed by atoms with van der Waals surface area (Å²) < 4.78 is 0. The third-order valence-electron chi connectivity index (χ3n) is 1.48. The summed E-state index contributed by atoms with van der Waals surface area (Å²) in [6.07, 6.45) is 4.58. The van der Waals surface area contributed by atoms with E-state index in [0.29, 0.717) is 11.5 Å². The Bertz CT molecular complexity index is 315. The van der Waals surface area contributed by atoms with Gasteiger partial charge in [0.1, 0.15) is 11.5 Å². The van der Waals surface area contributed by atoms with Gasteiger partial charge in [0.2, 0.25) is 0 Å². The second kappa shape index (κ2) is 3.71. The number of rotatable bonds is 2. The van der Waals surface area contributed by atoms with E-state index in [2.05, 4.69) is 23.6 Å². The van der Waals surface area contributed by atoms with Crippen molar-refractivity contribution in [2.45, 2.75) is 6.92 Å². The monoisotopic (exact) mass is 177 g/mol. The average Bonchev–Trinajstić information content (AvgIpc) is 2.09. The van der Waals surface area contributed by atoms with Crippen LogP contribution in [0, 0.1) is 0 Å². The van der Waals surface area contributed by atoms with Crippen molar-refractivity contribution < 1.29 is 4.79 Å². The van der Waals surface area contributed by atoms with Crippen molar-refractivity contribution in [2.75, 3.05) is 0 Å². The molecule has 0 aromatic carbocycles. The van der Waals surface area contributed by atoms with Crippen LogP contribution < -0.4 is 5.32 Å². The van der Waals surface area contributed by atoms with Gasteiger partial charge < -0.3 is 5.32 Å². The van der Waals surface area contributed by atoms with Gasteiger partial charge in [-0.05, 0) is 13.0 Å². The summed E-state index contributed by atoms with van der Waals surface area (Å²) in [5.41, 5.74) is 0.413. The molecule has 1 aliphatic rings. The first-order chi connectivity index (χ1) is 6.19.